The van der Waals surface area contributed by atoms with Crippen molar-refractivity contribution in [1.82, 2.24) is 0 Å². The molecular weight excluding hydrogens is 252 g/mol. The molecule has 0 saturated carbocycles. The summed E-state index contributed by atoms with van der Waals surface area (Å²) in [5, 5.41) is 0. The lowest BCUT2D eigenvalue weighted by atomic mass is 10.2. The summed E-state index contributed by atoms with van der Waals surface area (Å²) in [6.07, 6.45) is 7.62. The molecule has 102 valence electrons. The Hall–Kier alpha value is -2.36. The van der Waals surface area contributed by atoms with Gasteiger partial charge in [-0.3, -0.25) is 9.59 Å². The first-order chi connectivity index (χ1) is 9.56. The fraction of sp³-hybridized carbons (Fsp3) is 0.250. The van der Waals surface area contributed by atoms with Crippen LogP contribution < -0.4 is 9.13 Å². The van der Waals surface area contributed by atoms with Crippen LogP contribution in [-0.2, 0) is 13.1 Å². The number of carbonyl (C=O) groups is 2. The first-order valence-corrected chi connectivity index (χ1v) is 6.56. The lowest BCUT2D eigenvalue weighted by Gasteiger charge is -1.98. The average Bonchev–Trinajstić information content (AvgIpc) is 2.46. The van der Waals surface area contributed by atoms with Crippen LogP contribution in [0, 0.1) is 0 Å². The quantitative estimate of drug-likeness (QED) is 0.608. The van der Waals surface area contributed by atoms with Gasteiger partial charge >= 0.3 is 0 Å². The summed E-state index contributed by atoms with van der Waals surface area (Å²) in [6.45, 7) is 4.74. The number of rotatable bonds is 5. The summed E-state index contributed by atoms with van der Waals surface area (Å²) in [5.74, 6) is 0.151. The molecule has 0 radical (unpaired) electrons. The molecule has 2 aromatic rings. The Bertz CT molecular complexity index is 558. The highest BCUT2D eigenvalue weighted by Gasteiger charge is 2.08. The molecule has 0 aliphatic carbocycles. The third-order valence-electron chi connectivity index (χ3n) is 3.21. The normalized spacial score (nSPS) is 10.3. The standard InChI is InChI=1S/C16H18N2O2/c1-13(19)15-3-7-17(8-4-15)11-12-18-9-5-16(6-10-18)14(2)20/h3-10H,11-12H2,1-2H3/q+2. The van der Waals surface area contributed by atoms with E-state index in [0.717, 1.165) is 24.2 Å². The molecule has 2 heterocycles. The van der Waals surface area contributed by atoms with Crippen molar-refractivity contribution in [1.29, 1.82) is 0 Å². The smallest absolute Gasteiger partial charge is 0.206 e. The summed E-state index contributed by atoms with van der Waals surface area (Å²) < 4.78 is 4.05. The van der Waals surface area contributed by atoms with Crippen molar-refractivity contribution in [2.45, 2.75) is 26.9 Å². The van der Waals surface area contributed by atoms with Gasteiger partial charge in [-0.2, -0.15) is 9.13 Å². The van der Waals surface area contributed by atoms with E-state index in [1.807, 2.05) is 58.2 Å². The van der Waals surface area contributed by atoms with Crippen LogP contribution in [0.25, 0.3) is 0 Å². The summed E-state index contributed by atoms with van der Waals surface area (Å²) in [5.41, 5.74) is 1.44. The highest BCUT2D eigenvalue weighted by Crippen LogP contribution is 1.96. The zero-order chi connectivity index (χ0) is 14.5. The molecule has 0 aromatic carbocycles. The zero-order valence-electron chi connectivity index (χ0n) is 11.7. The number of ketones is 2. The van der Waals surface area contributed by atoms with Crippen LogP contribution in [0.4, 0.5) is 0 Å². The fourth-order valence-electron chi connectivity index (χ4n) is 1.91. The Balaban J connectivity index is 1.97. The van der Waals surface area contributed by atoms with Gasteiger partial charge in [0.25, 0.3) is 0 Å². The van der Waals surface area contributed by atoms with E-state index in [9.17, 15) is 9.59 Å². The van der Waals surface area contributed by atoms with Gasteiger partial charge in [-0.15, -0.1) is 0 Å². The van der Waals surface area contributed by atoms with Gasteiger partial charge in [0.1, 0.15) is 0 Å². The van der Waals surface area contributed by atoms with Crippen molar-refractivity contribution >= 4 is 11.6 Å². The van der Waals surface area contributed by atoms with Gasteiger partial charge in [0.15, 0.2) is 36.4 Å². The van der Waals surface area contributed by atoms with Crippen LogP contribution in [0.5, 0.6) is 0 Å². The summed E-state index contributed by atoms with van der Waals surface area (Å²) >= 11 is 0. The zero-order valence-corrected chi connectivity index (χ0v) is 11.7. The van der Waals surface area contributed by atoms with Gasteiger partial charge in [-0.1, -0.05) is 0 Å². The molecule has 0 bridgehead atoms. The van der Waals surface area contributed by atoms with E-state index in [1.165, 1.54) is 0 Å². The molecule has 20 heavy (non-hydrogen) atoms. The topological polar surface area (TPSA) is 41.9 Å². The lowest BCUT2D eigenvalue weighted by Crippen LogP contribution is -2.43. The largest absolute Gasteiger partial charge is 0.295 e. The van der Waals surface area contributed by atoms with E-state index >= 15 is 0 Å². The molecule has 0 amide bonds. The van der Waals surface area contributed by atoms with Gasteiger partial charge in [0, 0.05) is 35.4 Å². The Morgan fingerprint density at radius 3 is 1.30 bits per heavy atom. The minimum atomic E-state index is 0.0753. The van der Waals surface area contributed by atoms with Crippen molar-refractivity contribution in [3.63, 3.8) is 0 Å². The molecule has 0 atom stereocenters. The molecular formula is C16H18N2O2+2. The van der Waals surface area contributed by atoms with E-state index in [0.29, 0.717) is 0 Å². The van der Waals surface area contributed by atoms with E-state index in [2.05, 4.69) is 0 Å². The number of aromatic nitrogens is 2. The monoisotopic (exact) mass is 270 g/mol. The molecule has 0 saturated heterocycles. The minimum absolute atomic E-state index is 0.0753. The fourth-order valence-corrected chi connectivity index (χ4v) is 1.91. The summed E-state index contributed by atoms with van der Waals surface area (Å²) in [4.78, 5) is 22.4. The number of hydrogen-bond acceptors (Lipinski definition) is 2. The van der Waals surface area contributed by atoms with Crippen LogP contribution >= 0.6 is 0 Å². The molecule has 0 N–H and O–H groups in total. The van der Waals surface area contributed by atoms with Crippen LogP contribution in [0.15, 0.2) is 49.1 Å². The van der Waals surface area contributed by atoms with E-state index in [4.69, 9.17) is 0 Å². The average molecular weight is 270 g/mol. The van der Waals surface area contributed by atoms with Crippen LogP contribution in [-0.4, -0.2) is 11.6 Å². The van der Waals surface area contributed by atoms with Crippen LogP contribution in [0.2, 0.25) is 0 Å². The van der Waals surface area contributed by atoms with E-state index < -0.39 is 0 Å². The highest BCUT2D eigenvalue weighted by atomic mass is 16.1. The maximum Gasteiger partial charge on any atom is 0.206 e. The predicted molar refractivity (Wildman–Crippen MR) is 73.3 cm³/mol. The molecule has 0 aliphatic rings. The summed E-state index contributed by atoms with van der Waals surface area (Å²) in [6, 6.07) is 7.30. The third-order valence-corrected chi connectivity index (χ3v) is 3.21. The highest BCUT2D eigenvalue weighted by molar-refractivity contribution is 5.94. The number of aryl methyl sites for hydroxylation is 2. The maximum absolute atomic E-state index is 11.2. The van der Waals surface area contributed by atoms with E-state index in [1.54, 1.807) is 13.8 Å². The van der Waals surface area contributed by atoms with Crippen LogP contribution in [0.3, 0.4) is 0 Å². The Labute approximate surface area is 118 Å². The molecule has 2 rings (SSSR count). The van der Waals surface area contributed by atoms with E-state index in [-0.39, 0.29) is 11.6 Å². The van der Waals surface area contributed by atoms with Gasteiger partial charge in [0.2, 0.25) is 13.1 Å². The predicted octanol–water partition coefficient (Wildman–Crippen LogP) is 1.37. The second kappa shape index (κ2) is 6.19. The van der Waals surface area contributed by atoms with Crippen molar-refractivity contribution in [2.24, 2.45) is 0 Å². The molecule has 0 fully saturated rings. The van der Waals surface area contributed by atoms with Gasteiger partial charge in [-0.25, -0.2) is 0 Å². The van der Waals surface area contributed by atoms with Crippen molar-refractivity contribution < 1.29 is 18.7 Å². The molecule has 0 aliphatic heterocycles. The van der Waals surface area contributed by atoms with Crippen LogP contribution in [0.1, 0.15) is 34.6 Å². The summed E-state index contributed by atoms with van der Waals surface area (Å²) in [7, 11) is 0. The molecule has 0 spiro atoms. The second-order valence-electron chi connectivity index (χ2n) is 4.76. The number of Topliss-reactive ketones (excluding diaryl/α,β-unsaturated/α-hetero) is 2. The van der Waals surface area contributed by atoms with Crippen molar-refractivity contribution in [3.8, 4) is 0 Å². The SMILES string of the molecule is CC(=O)c1cc[n+](CC[n+]2ccc(C(C)=O)cc2)cc1. The van der Waals surface area contributed by atoms with Crippen molar-refractivity contribution in [2.75, 3.05) is 0 Å². The maximum atomic E-state index is 11.2. The molecule has 0 unspecified atom stereocenters. The number of carbonyl (C=O) groups excluding carboxylic acids is 2. The Morgan fingerprint density at radius 2 is 1.05 bits per heavy atom. The second-order valence-corrected chi connectivity index (χ2v) is 4.76. The first-order valence-electron chi connectivity index (χ1n) is 6.56. The van der Waals surface area contributed by atoms with Crippen molar-refractivity contribution in [3.05, 3.63) is 60.2 Å². The lowest BCUT2D eigenvalue weighted by molar-refractivity contribution is -0.778. The molecule has 4 heteroatoms. The number of hydrogen-bond donors (Lipinski definition) is 0. The third kappa shape index (κ3) is 3.57. The molecule has 2 aromatic heterocycles. The van der Waals surface area contributed by atoms with Gasteiger partial charge in [0.05, 0.1) is 0 Å². The Kier molecular flexibility index (Phi) is 4.35. The van der Waals surface area contributed by atoms with Gasteiger partial charge < -0.3 is 0 Å². The first kappa shape index (κ1) is 14.1. The minimum Gasteiger partial charge on any atom is -0.295 e. The van der Waals surface area contributed by atoms with Gasteiger partial charge in [-0.05, 0) is 13.8 Å². The molecule has 4 nitrogen and oxygen atoms in total. The number of nitrogens with zero attached hydrogens (tertiary/aromatic N) is 2. The Morgan fingerprint density at radius 1 is 0.750 bits per heavy atom. The number of pyridine rings is 2.